The first-order valence-electron chi connectivity index (χ1n) is 7.39. The number of nitrogens with one attached hydrogen (secondary N) is 1. The summed E-state index contributed by atoms with van der Waals surface area (Å²) < 4.78 is 47.4. The lowest BCUT2D eigenvalue weighted by molar-refractivity contribution is 0.393. The summed E-state index contributed by atoms with van der Waals surface area (Å²) in [5.74, 6) is -0.525. The lowest BCUT2D eigenvalue weighted by Crippen LogP contribution is -2.46. The van der Waals surface area contributed by atoms with E-state index in [1.54, 1.807) is 0 Å². The Morgan fingerprint density at radius 1 is 0.950 bits per heavy atom. The van der Waals surface area contributed by atoms with Gasteiger partial charge in [0.2, 0.25) is 0 Å². The Labute approximate surface area is 123 Å². The molecule has 0 amide bonds. The van der Waals surface area contributed by atoms with Crippen molar-refractivity contribution >= 4 is 19.7 Å². The Hall–Kier alpha value is -0.140. The van der Waals surface area contributed by atoms with Crippen molar-refractivity contribution in [3.05, 3.63) is 0 Å². The second-order valence-corrected chi connectivity index (χ2v) is 10.3. The van der Waals surface area contributed by atoms with Crippen molar-refractivity contribution in [1.82, 2.24) is 5.32 Å². The number of hydrogen-bond donors (Lipinski definition) is 1. The molecule has 0 aromatic carbocycles. The molecule has 1 fully saturated rings. The first kappa shape index (κ1) is 17.9. The zero-order chi connectivity index (χ0) is 15.2. The molecule has 2 unspecified atom stereocenters. The smallest absolute Gasteiger partial charge is 0.155 e. The van der Waals surface area contributed by atoms with Gasteiger partial charge in [-0.2, -0.15) is 0 Å². The molecule has 1 rings (SSSR count). The van der Waals surface area contributed by atoms with Gasteiger partial charge >= 0.3 is 0 Å². The van der Waals surface area contributed by atoms with E-state index in [1.807, 2.05) is 6.92 Å². The van der Waals surface area contributed by atoms with E-state index in [4.69, 9.17) is 0 Å². The monoisotopic (exact) mass is 325 g/mol. The Balaban J connectivity index is 2.83. The Bertz CT molecular complexity index is 485. The van der Waals surface area contributed by atoms with Crippen LogP contribution in [0, 0.1) is 0 Å². The van der Waals surface area contributed by atoms with Crippen molar-refractivity contribution in [2.75, 3.05) is 24.3 Å². The summed E-state index contributed by atoms with van der Waals surface area (Å²) >= 11 is 0. The molecule has 0 radical (unpaired) electrons. The normalized spacial score (nSPS) is 25.9. The van der Waals surface area contributed by atoms with Crippen LogP contribution in [-0.2, 0) is 19.7 Å². The largest absolute Gasteiger partial charge is 0.313 e. The molecule has 0 aromatic heterocycles. The van der Waals surface area contributed by atoms with E-state index < -0.39 is 24.9 Å². The molecule has 5 nitrogen and oxygen atoms in total. The second-order valence-electron chi connectivity index (χ2n) is 5.69. The first-order valence-corrected chi connectivity index (χ1v) is 11.2. The molecule has 1 N–H and O–H groups in total. The van der Waals surface area contributed by atoms with Crippen molar-refractivity contribution in [2.45, 2.75) is 56.7 Å². The predicted molar refractivity (Wildman–Crippen MR) is 82.5 cm³/mol. The van der Waals surface area contributed by atoms with Crippen LogP contribution in [0.4, 0.5) is 0 Å². The number of sulfone groups is 2. The van der Waals surface area contributed by atoms with Gasteiger partial charge in [0, 0.05) is 12.3 Å². The Morgan fingerprint density at radius 2 is 1.55 bits per heavy atom. The third-order valence-electron chi connectivity index (χ3n) is 3.87. The molecule has 120 valence electrons. The van der Waals surface area contributed by atoms with E-state index in [2.05, 4.69) is 5.32 Å². The Morgan fingerprint density at radius 3 is 2.10 bits per heavy atom. The first-order chi connectivity index (χ1) is 9.26. The van der Waals surface area contributed by atoms with E-state index in [-0.39, 0.29) is 17.5 Å². The fourth-order valence-electron chi connectivity index (χ4n) is 2.79. The SMILES string of the molecule is CCNC1CCCCCCC1S(=O)(=O)CCS(C)(=O)=O. The lowest BCUT2D eigenvalue weighted by atomic mass is 9.96. The van der Waals surface area contributed by atoms with Crippen LogP contribution >= 0.6 is 0 Å². The molecule has 20 heavy (non-hydrogen) atoms. The molecule has 0 heterocycles. The molecular formula is C13H27NO4S2. The highest BCUT2D eigenvalue weighted by Gasteiger charge is 2.33. The maximum absolute atomic E-state index is 12.5. The molecule has 0 aromatic rings. The van der Waals surface area contributed by atoms with E-state index in [0.29, 0.717) is 6.42 Å². The lowest BCUT2D eigenvalue weighted by Gasteiger charge is -2.29. The van der Waals surface area contributed by atoms with E-state index >= 15 is 0 Å². The van der Waals surface area contributed by atoms with Gasteiger partial charge < -0.3 is 5.32 Å². The third kappa shape index (κ3) is 6.10. The maximum Gasteiger partial charge on any atom is 0.155 e. The minimum atomic E-state index is -3.37. The second kappa shape index (κ2) is 7.75. The number of hydrogen-bond acceptors (Lipinski definition) is 5. The summed E-state index contributed by atoms with van der Waals surface area (Å²) in [6.07, 6.45) is 6.75. The van der Waals surface area contributed by atoms with Crippen molar-refractivity contribution in [2.24, 2.45) is 0 Å². The van der Waals surface area contributed by atoms with Crippen LogP contribution in [0.25, 0.3) is 0 Å². The van der Waals surface area contributed by atoms with Crippen LogP contribution in [-0.4, -0.2) is 52.4 Å². The Kier molecular flexibility index (Phi) is 6.94. The van der Waals surface area contributed by atoms with Crippen molar-refractivity contribution in [3.8, 4) is 0 Å². The molecule has 0 spiro atoms. The summed E-state index contributed by atoms with van der Waals surface area (Å²) in [5, 5.41) is 2.84. The van der Waals surface area contributed by atoms with Gasteiger partial charge in [-0.1, -0.05) is 32.6 Å². The average Bonchev–Trinajstić information content (AvgIpc) is 2.29. The fourth-order valence-corrected chi connectivity index (χ4v) is 6.50. The molecule has 2 atom stereocenters. The van der Waals surface area contributed by atoms with Crippen LogP contribution < -0.4 is 5.32 Å². The molecular weight excluding hydrogens is 298 g/mol. The maximum atomic E-state index is 12.5. The minimum absolute atomic E-state index is 0.0372. The van der Waals surface area contributed by atoms with Gasteiger partial charge in [0.25, 0.3) is 0 Å². The van der Waals surface area contributed by atoms with Crippen LogP contribution in [0.15, 0.2) is 0 Å². The average molecular weight is 325 g/mol. The van der Waals surface area contributed by atoms with Gasteiger partial charge in [0.1, 0.15) is 9.84 Å². The minimum Gasteiger partial charge on any atom is -0.313 e. The molecule has 7 heteroatoms. The van der Waals surface area contributed by atoms with Gasteiger partial charge in [-0.25, -0.2) is 16.8 Å². The summed E-state index contributed by atoms with van der Waals surface area (Å²) in [5.41, 5.74) is 0. The zero-order valence-corrected chi connectivity index (χ0v) is 14.1. The number of rotatable bonds is 6. The summed E-state index contributed by atoms with van der Waals surface area (Å²) in [4.78, 5) is 0. The topological polar surface area (TPSA) is 80.3 Å². The van der Waals surface area contributed by atoms with Gasteiger partial charge in [-0.15, -0.1) is 0 Å². The van der Waals surface area contributed by atoms with E-state index in [0.717, 1.165) is 44.9 Å². The summed E-state index contributed by atoms with van der Waals surface area (Å²) in [6.45, 7) is 2.71. The van der Waals surface area contributed by atoms with Crippen molar-refractivity contribution in [3.63, 3.8) is 0 Å². The molecule has 0 bridgehead atoms. The van der Waals surface area contributed by atoms with Crippen LogP contribution in [0.3, 0.4) is 0 Å². The van der Waals surface area contributed by atoms with Gasteiger partial charge in [0.15, 0.2) is 9.84 Å². The molecule has 0 aliphatic heterocycles. The highest BCUT2D eigenvalue weighted by Crippen LogP contribution is 2.24. The molecule has 1 aliphatic rings. The zero-order valence-electron chi connectivity index (χ0n) is 12.5. The van der Waals surface area contributed by atoms with Crippen molar-refractivity contribution < 1.29 is 16.8 Å². The van der Waals surface area contributed by atoms with Crippen molar-refractivity contribution in [1.29, 1.82) is 0 Å². The summed E-state index contributed by atoms with van der Waals surface area (Å²) in [7, 11) is -6.61. The van der Waals surface area contributed by atoms with E-state index in [1.165, 1.54) is 0 Å². The molecule has 1 saturated carbocycles. The molecule has 1 aliphatic carbocycles. The predicted octanol–water partition coefficient (Wildman–Crippen LogP) is 1.15. The quantitative estimate of drug-likeness (QED) is 0.792. The molecule has 0 saturated heterocycles. The van der Waals surface area contributed by atoms with Gasteiger partial charge in [0.05, 0.1) is 16.8 Å². The van der Waals surface area contributed by atoms with Gasteiger partial charge in [-0.05, 0) is 19.4 Å². The third-order valence-corrected chi connectivity index (χ3v) is 7.33. The van der Waals surface area contributed by atoms with Crippen LogP contribution in [0.2, 0.25) is 0 Å². The summed E-state index contributed by atoms with van der Waals surface area (Å²) in [6, 6.07) is -0.0372. The van der Waals surface area contributed by atoms with Gasteiger partial charge in [-0.3, -0.25) is 0 Å². The van der Waals surface area contributed by atoms with Crippen LogP contribution in [0.5, 0.6) is 0 Å². The van der Waals surface area contributed by atoms with Crippen LogP contribution in [0.1, 0.15) is 45.4 Å². The standard InChI is InChI=1S/C13H27NO4S2/c1-3-14-12-8-6-4-5-7-9-13(12)20(17,18)11-10-19(2,15)16/h12-14H,3-11H2,1-2H3. The fraction of sp³-hybridized carbons (Fsp3) is 1.00. The van der Waals surface area contributed by atoms with E-state index in [9.17, 15) is 16.8 Å². The highest BCUT2D eigenvalue weighted by atomic mass is 32.2. The highest BCUT2D eigenvalue weighted by molar-refractivity contribution is 7.95.